The van der Waals surface area contributed by atoms with Crippen LogP contribution in [0, 0.1) is 5.82 Å². The maximum absolute atomic E-state index is 13.0. The van der Waals surface area contributed by atoms with Crippen LogP contribution < -0.4 is 5.32 Å². The van der Waals surface area contributed by atoms with E-state index in [0.717, 1.165) is 18.5 Å². The van der Waals surface area contributed by atoms with E-state index >= 15 is 0 Å². The summed E-state index contributed by atoms with van der Waals surface area (Å²) in [5.41, 5.74) is 0.969. The van der Waals surface area contributed by atoms with Gasteiger partial charge in [-0.1, -0.05) is 19.1 Å². The van der Waals surface area contributed by atoms with Gasteiger partial charge in [-0.15, -0.1) is 0 Å². The van der Waals surface area contributed by atoms with Crippen LogP contribution in [0.1, 0.15) is 25.0 Å². The summed E-state index contributed by atoms with van der Waals surface area (Å²) in [5, 5.41) is 3.25. The van der Waals surface area contributed by atoms with Gasteiger partial charge in [-0.2, -0.15) is 0 Å². The van der Waals surface area contributed by atoms with Gasteiger partial charge in [0.05, 0.1) is 19.3 Å². The summed E-state index contributed by atoms with van der Waals surface area (Å²) in [5.74, 6) is -0.234. The lowest BCUT2D eigenvalue weighted by Crippen LogP contribution is -2.24. The van der Waals surface area contributed by atoms with Crippen molar-refractivity contribution in [2.75, 3.05) is 46.6 Å². The summed E-state index contributed by atoms with van der Waals surface area (Å²) in [6.07, 6.45) is 0.795. The van der Waals surface area contributed by atoms with Gasteiger partial charge in [0.25, 0.3) is 0 Å². The predicted molar refractivity (Wildman–Crippen MR) is 80.9 cm³/mol. The first-order valence-electron chi connectivity index (χ1n) is 7.42. The molecule has 1 aromatic rings. The average molecular weight is 299 g/mol. The Bertz CT molecular complexity index is 359. The number of ether oxygens (including phenoxy) is 3. The molecule has 0 spiro atoms. The normalized spacial score (nSPS) is 12.5. The molecule has 1 atom stereocenters. The molecule has 1 unspecified atom stereocenters. The molecule has 1 aromatic carbocycles. The van der Waals surface area contributed by atoms with Gasteiger partial charge in [-0.25, -0.2) is 4.39 Å². The van der Waals surface area contributed by atoms with E-state index in [-0.39, 0.29) is 11.9 Å². The number of hydrogen-bond acceptors (Lipinski definition) is 4. The molecule has 0 aliphatic rings. The van der Waals surface area contributed by atoms with Gasteiger partial charge in [0.1, 0.15) is 5.82 Å². The molecule has 0 saturated carbocycles. The van der Waals surface area contributed by atoms with Crippen LogP contribution in [0.2, 0.25) is 0 Å². The van der Waals surface area contributed by atoms with Gasteiger partial charge in [-0.3, -0.25) is 0 Å². The maximum atomic E-state index is 13.0. The molecule has 0 heterocycles. The summed E-state index contributed by atoms with van der Waals surface area (Å²) in [7, 11) is 1.68. The molecule has 21 heavy (non-hydrogen) atoms. The highest BCUT2D eigenvalue weighted by Crippen LogP contribution is 2.17. The van der Waals surface area contributed by atoms with Gasteiger partial charge < -0.3 is 19.5 Å². The lowest BCUT2D eigenvalue weighted by Gasteiger charge is -2.19. The van der Waals surface area contributed by atoms with Gasteiger partial charge >= 0.3 is 0 Å². The Morgan fingerprint density at radius 2 is 1.86 bits per heavy atom. The Kier molecular flexibility index (Phi) is 9.99. The number of methoxy groups -OCH3 is 1. The summed E-state index contributed by atoms with van der Waals surface area (Å²) >= 11 is 0. The molecule has 4 nitrogen and oxygen atoms in total. The zero-order chi connectivity index (χ0) is 15.3. The Morgan fingerprint density at radius 1 is 1.10 bits per heavy atom. The van der Waals surface area contributed by atoms with Gasteiger partial charge in [-0.05, 0) is 30.7 Å². The first kappa shape index (κ1) is 18.0. The van der Waals surface area contributed by atoms with E-state index in [0.29, 0.717) is 33.0 Å². The number of nitrogens with one attached hydrogen (secondary N) is 1. The van der Waals surface area contributed by atoms with Gasteiger partial charge in [0.2, 0.25) is 0 Å². The Morgan fingerprint density at radius 3 is 2.52 bits per heavy atom. The molecule has 0 fully saturated rings. The molecule has 0 aromatic heterocycles. The van der Waals surface area contributed by atoms with Gasteiger partial charge in [0.15, 0.2) is 0 Å². The van der Waals surface area contributed by atoms with E-state index in [9.17, 15) is 4.39 Å². The smallest absolute Gasteiger partial charge is 0.123 e. The average Bonchev–Trinajstić information content (AvgIpc) is 2.50. The third-order valence-corrected chi connectivity index (χ3v) is 3.01. The van der Waals surface area contributed by atoms with E-state index in [2.05, 4.69) is 5.32 Å². The van der Waals surface area contributed by atoms with Crippen LogP contribution >= 0.6 is 0 Å². The molecule has 1 N–H and O–H groups in total. The quantitative estimate of drug-likeness (QED) is 0.602. The lowest BCUT2D eigenvalue weighted by atomic mass is 10.1. The van der Waals surface area contributed by atoms with Crippen molar-refractivity contribution >= 4 is 0 Å². The van der Waals surface area contributed by atoms with Crippen molar-refractivity contribution in [1.29, 1.82) is 0 Å². The van der Waals surface area contributed by atoms with E-state index in [1.54, 1.807) is 19.2 Å². The molecule has 0 aliphatic carbocycles. The van der Waals surface area contributed by atoms with Crippen LogP contribution in [0.4, 0.5) is 4.39 Å². The second-order valence-corrected chi connectivity index (χ2v) is 4.68. The fraction of sp³-hybridized carbons (Fsp3) is 0.625. The monoisotopic (exact) mass is 299 g/mol. The maximum Gasteiger partial charge on any atom is 0.123 e. The third-order valence-electron chi connectivity index (χ3n) is 3.01. The van der Waals surface area contributed by atoms with Crippen LogP contribution in [0.25, 0.3) is 0 Å². The van der Waals surface area contributed by atoms with Crippen molar-refractivity contribution in [2.24, 2.45) is 0 Å². The lowest BCUT2D eigenvalue weighted by molar-refractivity contribution is 0.000918. The molecular weight excluding hydrogens is 273 g/mol. The van der Waals surface area contributed by atoms with Crippen molar-refractivity contribution in [1.82, 2.24) is 5.32 Å². The number of rotatable bonds is 12. The van der Waals surface area contributed by atoms with E-state index in [1.807, 2.05) is 6.92 Å². The second kappa shape index (κ2) is 11.6. The highest BCUT2D eigenvalue weighted by Gasteiger charge is 2.11. The molecule has 0 radical (unpaired) electrons. The number of halogens is 1. The van der Waals surface area contributed by atoms with Crippen molar-refractivity contribution < 1.29 is 18.6 Å². The van der Waals surface area contributed by atoms with Crippen LogP contribution in [-0.2, 0) is 14.2 Å². The summed E-state index contributed by atoms with van der Waals surface area (Å²) < 4.78 is 29.2. The largest absolute Gasteiger partial charge is 0.385 e. The summed E-state index contributed by atoms with van der Waals surface area (Å²) in [4.78, 5) is 0. The summed E-state index contributed by atoms with van der Waals surface area (Å²) in [6, 6.07) is 6.44. The van der Waals surface area contributed by atoms with Crippen LogP contribution in [-0.4, -0.2) is 46.6 Å². The molecule has 1 rings (SSSR count). The topological polar surface area (TPSA) is 39.7 Å². The number of hydrogen-bond donors (Lipinski definition) is 1. The Hall–Kier alpha value is -1.01. The molecule has 0 amide bonds. The van der Waals surface area contributed by atoms with Crippen molar-refractivity contribution in [3.8, 4) is 0 Å². The molecule has 0 aliphatic heterocycles. The zero-order valence-electron chi connectivity index (χ0n) is 12.9. The number of likely N-dealkylation sites (N-methyl/N-ethyl adjacent to an activating group) is 1. The zero-order valence-corrected chi connectivity index (χ0v) is 12.9. The first-order chi connectivity index (χ1) is 10.3. The highest BCUT2D eigenvalue weighted by molar-refractivity contribution is 5.19. The Balaban J connectivity index is 2.31. The van der Waals surface area contributed by atoms with E-state index < -0.39 is 0 Å². The fourth-order valence-electron chi connectivity index (χ4n) is 1.88. The summed E-state index contributed by atoms with van der Waals surface area (Å²) in [6.45, 7) is 6.06. The first-order valence-corrected chi connectivity index (χ1v) is 7.42. The van der Waals surface area contributed by atoms with Gasteiger partial charge in [0, 0.05) is 26.9 Å². The van der Waals surface area contributed by atoms with Crippen LogP contribution in [0.5, 0.6) is 0 Å². The molecule has 5 heteroatoms. The predicted octanol–water partition coefficient (Wildman–Crippen LogP) is 2.55. The Labute approximate surface area is 126 Å². The van der Waals surface area contributed by atoms with Crippen molar-refractivity contribution in [3.63, 3.8) is 0 Å². The number of benzene rings is 1. The minimum atomic E-state index is -0.234. The fourth-order valence-corrected chi connectivity index (χ4v) is 1.88. The van der Waals surface area contributed by atoms with E-state index in [4.69, 9.17) is 14.2 Å². The van der Waals surface area contributed by atoms with E-state index in [1.165, 1.54) is 12.1 Å². The molecule has 0 bridgehead atoms. The minimum Gasteiger partial charge on any atom is -0.385 e. The van der Waals surface area contributed by atoms with Crippen molar-refractivity contribution in [2.45, 2.75) is 19.4 Å². The second-order valence-electron chi connectivity index (χ2n) is 4.68. The molecule has 0 saturated heterocycles. The highest BCUT2D eigenvalue weighted by atomic mass is 19.1. The van der Waals surface area contributed by atoms with Crippen LogP contribution in [0.15, 0.2) is 24.3 Å². The standard InChI is InChI=1S/C16H26FNO3/c1-3-18-13-16(14-5-7-15(17)8-6-14)21-12-11-20-10-4-9-19-2/h5-8,16,18H,3-4,9-13H2,1-2H3. The molecular formula is C16H26FNO3. The molecule has 120 valence electrons. The third kappa shape index (κ3) is 8.12. The van der Waals surface area contributed by atoms with Crippen LogP contribution in [0.3, 0.4) is 0 Å². The SMILES string of the molecule is CCNCC(OCCOCCCOC)c1ccc(F)cc1. The van der Waals surface area contributed by atoms with Crippen molar-refractivity contribution in [3.05, 3.63) is 35.6 Å². The minimum absolute atomic E-state index is 0.0897.